The molecule has 2 aromatic heterocycles. The molecule has 0 aliphatic heterocycles. The van der Waals surface area contributed by atoms with E-state index in [1.165, 1.54) is 12.3 Å². The molecule has 0 atom stereocenters. The highest BCUT2D eigenvalue weighted by atomic mass is 16.3. The van der Waals surface area contributed by atoms with Crippen LogP contribution >= 0.6 is 0 Å². The number of rotatable bonds is 5. The highest BCUT2D eigenvalue weighted by Gasteiger charge is 2.24. The molecule has 1 aliphatic rings. The summed E-state index contributed by atoms with van der Waals surface area (Å²) in [5.41, 5.74) is 5.34. The molecule has 0 radical (unpaired) electrons. The Balaban J connectivity index is 1.48. The van der Waals surface area contributed by atoms with E-state index in [0.717, 1.165) is 31.5 Å². The van der Waals surface area contributed by atoms with Gasteiger partial charge in [0.15, 0.2) is 5.76 Å². The van der Waals surface area contributed by atoms with Crippen molar-refractivity contribution in [2.45, 2.75) is 37.8 Å². The summed E-state index contributed by atoms with van der Waals surface area (Å²) in [6.45, 7) is 0. The molecule has 3 rings (SSSR count). The van der Waals surface area contributed by atoms with Crippen LogP contribution in [0.25, 0.3) is 0 Å². The fraction of sp³-hybridized carbons (Fsp3) is 0.353. The Kier molecular flexibility index (Phi) is 4.79. The molecule has 2 aromatic rings. The van der Waals surface area contributed by atoms with Crippen molar-refractivity contribution in [3.8, 4) is 0 Å². The molecule has 1 aliphatic carbocycles. The molecule has 24 heavy (non-hydrogen) atoms. The number of amides is 2. The smallest absolute Gasteiger partial charge is 0.287 e. The van der Waals surface area contributed by atoms with Crippen LogP contribution in [0.1, 0.15) is 46.6 Å². The summed E-state index contributed by atoms with van der Waals surface area (Å²) >= 11 is 0. The first kappa shape index (κ1) is 16.0. The minimum Gasteiger partial charge on any atom is -0.458 e. The lowest BCUT2D eigenvalue weighted by atomic mass is 9.91. The third-order valence-corrected chi connectivity index (χ3v) is 4.19. The molecule has 126 valence electrons. The quantitative estimate of drug-likeness (QED) is 0.777. The van der Waals surface area contributed by atoms with E-state index < -0.39 is 5.91 Å². The maximum Gasteiger partial charge on any atom is 0.287 e. The van der Waals surface area contributed by atoms with Gasteiger partial charge in [-0.3, -0.25) is 9.59 Å². The van der Waals surface area contributed by atoms with Crippen molar-refractivity contribution < 1.29 is 14.0 Å². The molecule has 0 saturated heterocycles. The van der Waals surface area contributed by atoms with Gasteiger partial charge in [0.05, 0.1) is 5.56 Å². The van der Waals surface area contributed by atoms with Crippen LogP contribution in [0.4, 0.5) is 5.82 Å². The Morgan fingerprint density at radius 1 is 1.17 bits per heavy atom. The second-order valence-corrected chi connectivity index (χ2v) is 5.95. The maximum atomic E-state index is 12.1. The molecule has 0 unspecified atom stereocenters. The second-order valence-electron chi connectivity index (χ2n) is 5.95. The van der Waals surface area contributed by atoms with E-state index in [1.54, 1.807) is 6.20 Å². The van der Waals surface area contributed by atoms with Gasteiger partial charge < -0.3 is 20.8 Å². The van der Waals surface area contributed by atoms with Crippen molar-refractivity contribution in [2.75, 3.05) is 5.32 Å². The van der Waals surface area contributed by atoms with Crippen LogP contribution in [-0.2, 0) is 0 Å². The van der Waals surface area contributed by atoms with Gasteiger partial charge in [-0.1, -0.05) is 6.07 Å². The van der Waals surface area contributed by atoms with Gasteiger partial charge in [-0.05, 0) is 37.8 Å². The van der Waals surface area contributed by atoms with Crippen LogP contribution in [0.2, 0.25) is 0 Å². The van der Waals surface area contributed by atoms with E-state index in [4.69, 9.17) is 10.2 Å². The molecule has 1 fully saturated rings. The first-order chi connectivity index (χ1) is 11.6. The lowest BCUT2D eigenvalue weighted by Gasteiger charge is -2.29. The molecule has 7 heteroatoms. The molecule has 1 saturated carbocycles. The van der Waals surface area contributed by atoms with E-state index in [0.29, 0.717) is 6.04 Å². The Hall–Kier alpha value is -2.83. The Morgan fingerprint density at radius 2 is 1.92 bits per heavy atom. The van der Waals surface area contributed by atoms with Crippen molar-refractivity contribution in [1.82, 2.24) is 10.3 Å². The van der Waals surface area contributed by atoms with Crippen molar-refractivity contribution in [3.63, 3.8) is 0 Å². The fourth-order valence-corrected chi connectivity index (χ4v) is 2.88. The molecule has 0 spiro atoms. The summed E-state index contributed by atoms with van der Waals surface area (Å²) in [5, 5.41) is 6.35. The number of carbonyl (C=O) groups is 2. The number of hydrogen-bond donors (Lipinski definition) is 3. The standard InChI is InChI=1S/C17H20N4O3/c18-16(22)11-9-14(24-10-11)17(23)21-13-6-4-12(5-7-13)20-15-3-1-2-8-19-15/h1-3,8-10,12-13H,4-7H2,(H2,18,22)(H,19,20)(H,21,23). The van der Waals surface area contributed by atoms with Gasteiger partial charge in [-0.2, -0.15) is 0 Å². The van der Waals surface area contributed by atoms with Gasteiger partial charge in [0, 0.05) is 24.3 Å². The topological polar surface area (TPSA) is 110 Å². The minimum atomic E-state index is -0.612. The second kappa shape index (κ2) is 7.16. The maximum absolute atomic E-state index is 12.1. The Labute approximate surface area is 139 Å². The number of primary amides is 1. The number of aromatic nitrogens is 1. The van der Waals surface area contributed by atoms with Crippen molar-refractivity contribution in [1.29, 1.82) is 0 Å². The highest BCUT2D eigenvalue weighted by Crippen LogP contribution is 2.22. The molecular weight excluding hydrogens is 308 g/mol. The molecule has 7 nitrogen and oxygen atoms in total. The number of nitrogens with two attached hydrogens (primary N) is 1. The van der Waals surface area contributed by atoms with Crippen LogP contribution in [0.15, 0.2) is 41.1 Å². The molecule has 2 amide bonds. The number of furan rings is 1. The molecule has 4 N–H and O–H groups in total. The van der Waals surface area contributed by atoms with Gasteiger partial charge in [0.1, 0.15) is 12.1 Å². The molecule has 0 aromatic carbocycles. The zero-order chi connectivity index (χ0) is 16.9. The molecular formula is C17H20N4O3. The summed E-state index contributed by atoms with van der Waals surface area (Å²) < 4.78 is 5.10. The number of nitrogens with one attached hydrogen (secondary N) is 2. The summed E-state index contributed by atoms with van der Waals surface area (Å²) in [5.74, 6) is 0.0552. The van der Waals surface area contributed by atoms with E-state index >= 15 is 0 Å². The predicted molar refractivity (Wildman–Crippen MR) is 88.6 cm³/mol. The number of pyridine rings is 1. The van der Waals surface area contributed by atoms with E-state index in [1.807, 2.05) is 18.2 Å². The highest BCUT2D eigenvalue weighted by molar-refractivity contribution is 5.97. The lowest BCUT2D eigenvalue weighted by Crippen LogP contribution is -2.40. The van der Waals surface area contributed by atoms with E-state index in [9.17, 15) is 9.59 Å². The van der Waals surface area contributed by atoms with Crippen LogP contribution < -0.4 is 16.4 Å². The molecule has 2 heterocycles. The van der Waals surface area contributed by atoms with Gasteiger partial charge in [-0.15, -0.1) is 0 Å². The van der Waals surface area contributed by atoms with Crippen LogP contribution in [0.3, 0.4) is 0 Å². The summed E-state index contributed by atoms with van der Waals surface area (Å²) in [6.07, 6.45) is 6.61. The van der Waals surface area contributed by atoms with E-state index in [2.05, 4.69) is 15.6 Å². The van der Waals surface area contributed by atoms with Crippen LogP contribution in [-0.4, -0.2) is 28.9 Å². The monoisotopic (exact) mass is 328 g/mol. The van der Waals surface area contributed by atoms with E-state index in [-0.39, 0.29) is 23.3 Å². The predicted octanol–water partition coefficient (Wildman–Crippen LogP) is 1.93. The van der Waals surface area contributed by atoms with Crippen molar-refractivity contribution >= 4 is 17.6 Å². The summed E-state index contributed by atoms with van der Waals surface area (Å²) in [7, 11) is 0. The normalized spacial score (nSPS) is 20.3. The molecule has 0 bridgehead atoms. The van der Waals surface area contributed by atoms with Crippen LogP contribution in [0, 0.1) is 0 Å². The van der Waals surface area contributed by atoms with Gasteiger partial charge >= 0.3 is 0 Å². The zero-order valence-electron chi connectivity index (χ0n) is 13.2. The SMILES string of the molecule is NC(=O)c1coc(C(=O)NC2CCC(Nc3ccccn3)CC2)c1. The average molecular weight is 328 g/mol. The lowest BCUT2D eigenvalue weighted by molar-refractivity contribution is 0.0897. The number of anilines is 1. The van der Waals surface area contributed by atoms with Gasteiger partial charge in [-0.25, -0.2) is 4.98 Å². The van der Waals surface area contributed by atoms with Gasteiger partial charge in [0.2, 0.25) is 0 Å². The first-order valence-electron chi connectivity index (χ1n) is 7.98. The largest absolute Gasteiger partial charge is 0.458 e. The number of nitrogens with zero attached hydrogens (tertiary/aromatic N) is 1. The number of carbonyl (C=O) groups excluding carboxylic acids is 2. The van der Waals surface area contributed by atoms with Crippen molar-refractivity contribution in [3.05, 3.63) is 48.0 Å². The van der Waals surface area contributed by atoms with Crippen LogP contribution in [0.5, 0.6) is 0 Å². The number of hydrogen-bond acceptors (Lipinski definition) is 5. The minimum absolute atomic E-state index is 0.0985. The fourth-order valence-electron chi connectivity index (χ4n) is 2.88. The van der Waals surface area contributed by atoms with Gasteiger partial charge in [0.25, 0.3) is 11.8 Å². The average Bonchev–Trinajstić information content (AvgIpc) is 3.08. The third-order valence-electron chi connectivity index (χ3n) is 4.19. The summed E-state index contributed by atoms with van der Waals surface area (Å²) in [6, 6.07) is 7.60. The Bertz CT molecular complexity index is 706. The third kappa shape index (κ3) is 3.92. The zero-order valence-corrected chi connectivity index (χ0v) is 13.2. The van der Waals surface area contributed by atoms with Crippen molar-refractivity contribution in [2.24, 2.45) is 5.73 Å². The first-order valence-corrected chi connectivity index (χ1v) is 7.98. The summed E-state index contributed by atoms with van der Waals surface area (Å²) in [4.78, 5) is 27.4. The Morgan fingerprint density at radius 3 is 2.54 bits per heavy atom.